The summed E-state index contributed by atoms with van der Waals surface area (Å²) in [4.78, 5) is 4.77. The third-order valence-corrected chi connectivity index (χ3v) is 17.2. The van der Waals surface area contributed by atoms with E-state index in [9.17, 15) is 0 Å². The first-order valence-corrected chi connectivity index (χ1v) is 29.4. The van der Waals surface area contributed by atoms with Crippen LogP contribution in [0.15, 0.2) is 179 Å². The van der Waals surface area contributed by atoms with Crippen molar-refractivity contribution in [1.29, 1.82) is 0 Å². The summed E-state index contributed by atoms with van der Waals surface area (Å²) in [7, 11) is -3.00. The molecule has 314 valence electrons. The third kappa shape index (κ3) is 6.63. The van der Waals surface area contributed by atoms with E-state index < -0.39 is 16.1 Å². The molecule has 0 aliphatic heterocycles. The minimum absolute atomic E-state index is 0.804. The SMILES string of the molecule is Cc1ccc(N(c2ccc([Si](C)(C)C)cc2)c2cc3oc4c(ccc5oc6cc(N(c7ccc(C)cc7)c7ccc([Si](C)(C)C)cc7)c7ccccc7c6c54)c3c3ccccc23)cc1. The van der Waals surface area contributed by atoms with Crippen LogP contribution in [-0.2, 0) is 0 Å². The molecule has 6 heteroatoms. The molecule has 0 aliphatic carbocycles. The summed E-state index contributed by atoms with van der Waals surface area (Å²) in [6.07, 6.45) is 0. The van der Waals surface area contributed by atoms with E-state index >= 15 is 0 Å². The van der Waals surface area contributed by atoms with Crippen LogP contribution in [0.1, 0.15) is 11.1 Å². The maximum Gasteiger partial charge on any atom is 0.147 e. The fourth-order valence-corrected chi connectivity index (χ4v) is 11.9. The number of furan rings is 2. The number of hydrogen-bond donors (Lipinski definition) is 0. The molecule has 0 unspecified atom stereocenters. The van der Waals surface area contributed by atoms with Crippen molar-refractivity contribution in [3.05, 3.63) is 181 Å². The lowest BCUT2D eigenvalue weighted by Gasteiger charge is -2.28. The number of nitrogens with zero attached hydrogens (tertiary/aromatic N) is 2. The van der Waals surface area contributed by atoms with Crippen LogP contribution >= 0.6 is 0 Å². The molecule has 9 aromatic carbocycles. The molecule has 2 aromatic heterocycles. The Balaban J connectivity index is 1.16. The van der Waals surface area contributed by atoms with Gasteiger partial charge in [-0.1, -0.05) is 158 Å². The largest absolute Gasteiger partial charge is 0.456 e. The average molecular weight is 865 g/mol. The highest BCUT2D eigenvalue weighted by molar-refractivity contribution is 6.89. The second-order valence-corrected chi connectivity index (χ2v) is 29.7. The van der Waals surface area contributed by atoms with Crippen LogP contribution in [0.3, 0.4) is 0 Å². The molecule has 64 heavy (non-hydrogen) atoms. The van der Waals surface area contributed by atoms with Crippen molar-refractivity contribution < 1.29 is 8.83 Å². The van der Waals surface area contributed by atoms with Gasteiger partial charge in [0.05, 0.1) is 32.9 Å². The number of rotatable bonds is 8. The second-order valence-electron chi connectivity index (χ2n) is 19.6. The molecule has 0 N–H and O–H groups in total. The van der Waals surface area contributed by atoms with E-state index in [2.05, 4.69) is 233 Å². The number of anilines is 6. The summed E-state index contributed by atoms with van der Waals surface area (Å²) in [5, 5.41) is 11.7. The monoisotopic (exact) mass is 864 g/mol. The molecule has 0 aliphatic rings. The van der Waals surface area contributed by atoms with E-state index in [1.165, 1.54) is 21.5 Å². The van der Waals surface area contributed by atoms with Crippen molar-refractivity contribution >= 4 is 126 Å². The van der Waals surface area contributed by atoms with Crippen molar-refractivity contribution in [2.24, 2.45) is 0 Å². The highest BCUT2D eigenvalue weighted by Crippen LogP contribution is 2.49. The van der Waals surface area contributed by atoms with Crippen molar-refractivity contribution in [2.75, 3.05) is 9.80 Å². The normalized spacial score (nSPS) is 12.4. The van der Waals surface area contributed by atoms with Gasteiger partial charge < -0.3 is 18.6 Å². The van der Waals surface area contributed by atoms with Crippen LogP contribution in [0.4, 0.5) is 34.1 Å². The van der Waals surface area contributed by atoms with Crippen molar-refractivity contribution in [2.45, 2.75) is 53.1 Å². The van der Waals surface area contributed by atoms with Gasteiger partial charge in [-0.05, 0) is 85.3 Å². The summed E-state index contributed by atoms with van der Waals surface area (Å²) in [6.45, 7) is 18.7. The molecule has 0 amide bonds. The first kappa shape index (κ1) is 39.9. The lowest BCUT2D eigenvalue weighted by molar-refractivity contribution is 0.663. The minimum Gasteiger partial charge on any atom is -0.456 e. The predicted octanol–water partition coefficient (Wildman–Crippen LogP) is 16.4. The minimum atomic E-state index is -1.50. The van der Waals surface area contributed by atoms with Crippen molar-refractivity contribution in [3.63, 3.8) is 0 Å². The molecule has 0 bridgehead atoms. The molecule has 4 nitrogen and oxygen atoms in total. The molecule has 11 aromatic rings. The Hall–Kier alpha value is -6.87. The van der Waals surface area contributed by atoms with Gasteiger partial charge in [-0.25, -0.2) is 0 Å². The van der Waals surface area contributed by atoms with E-state index in [1.807, 2.05) is 0 Å². The third-order valence-electron chi connectivity index (χ3n) is 13.1. The maximum atomic E-state index is 7.21. The molecule has 0 fully saturated rings. The number of fused-ring (bicyclic) bond motifs is 11. The predicted molar refractivity (Wildman–Crippen MR) is 281 cm³/mol. The van der Waals surface area contributed by atoms with Crippen LogP contribution in [-0.4, -0.2) is 16.1 Å². The van der Waals surface area contributed by atoms with Crippen LogP contribution in [0, 0.1) is 13.8 Å². The van der Waals surface area contributed by atoms with Crippen LogP contribution in [0.5, 0.6) is 0 Å². The van der Waals surface area contributed by atoms with Gasteiger partial charge in [-0.15, -0.1) is 0 Å². The number of aryl methyl sites for hydroxylation is 2. The molecule has 0 saturated carbocycles. The smallest absolute Gasteiger partial charge is 0.147 e. The summed E-state index contributed by atoms with van der Waals surface area (Å²) in [5.41, 5.74) is 12.3. The van der Waals surface area contributed by atoms with Crippen LogP contribution in [0.25, 0.3) is 65.4 Å². The molecule has 0 saturated heterocycles. The molecule has 2 heterocycles. The van der Waals surface area contributed by atoms with Gasteiger partial charge in [0, 0.05) is 61.8 Å². The lowest BCUT2D eigenvalue weighted by Crippen LogP contribution is -2.37. The Labute approximate surface area is 377 Å². The first-order valence-electron chi connectivity index (χ1n) is 22.4. The topological polar surface area (TPSA) is 32.8 Å². The molecular weight excluding hydrogens is 813 g/mol. The Kier molecular flexibility index (Phi) is 9.28. The highest BCUT2D eigenvalue weighted by atomic mass is 28.3. The fourth-order valence-electron chi connectivity index (χ4n) is 9.61. The Morgan fingerprint density at radius 2 is 0.734 bits per heavy atom. The zero-order valence-electron chi connectivity index (χ0n) is 37.9. The van der Waals surface area contributed by atoms with E-state index in [-0.39, 0.29) is 0 Å². The molecule has 0 radical (unpaired) electrons. The quantitative estimate of drug-likeness (QED) is 0.143. The van der Waals surface area contributed by atoms with E-state index in [0.29, 0.717) is 0 Å². The Morgan fingerprint density at radius 1 is 0.344 bits per heavy atom. The van der Waals surface area contributed by atoms with Gasteiger partial charge in [0.1, 0.15) is 22.3 Å². The summed E-state index contributed by atoms with van der Waals surface area (Å²) in [6, 6.07) is 62.4. The molecule has 0 atom stereocenters. The van der Waals surface area contributed by atoms with E-state index in [4.69, 9.17) is 8.83 Å². The van der Waals surface area contributed by atoms with Crippen LogP contribution in [0.2, 0.25) is 39.3 Å². The van der Waals surface area contributed by atoms with Crippen molar-refractivity contribution in [1.82, 2.24) is 0 Å². The van der Waals surface area contributed by atoms with Gasteiger partial charge >= 0.3 is 0 Å². The van der Waals surface area contributed by atoms with Gasteiger partial charge in [-0.2, -0.15) is 0 Å². The number of hydrogen-bond acceptors (Lipinski definition) is 4. The van der Waals surface area contributed by atoms with E-state index in [1.54, 1.807) is 0 Å². The Morgan fingerprint density at radius 3 is 1.17 bits per heavy atom. The molecule has 0 spiro atoms. The summed E-state index contributed by atoms with van der Waals surface area (Å²) in [5.74, 6) is 0. The maximum absolute atomic E-state index is 7.21. The second kappa shape index (κ2) is 14.9. The standard InChI is InChI=1S/C58H52N2O2Si2/c1-37-17-21-39(22-18-37)59(41-25-29-43(30-26-41)63(3,4)5)50-35-53-55(47-15-11-9-13-45(47)50)49-33-34-52-57(58(49)62-53)56-48-16-12-10-14-46(48)51(36-54(56)61-52)60(40-23-19-38(2)20-24-40)42-27-31-44(32-28-42)64(6,7)8/h9-36H,1-8H3. The van der Waals surface area contributed by atoms with E-state index in [0.717, 1.165) is 99.5 Å². The van der Waals surface area contributed by atoms with Gasteiger partial charge in [-0.3, -0.25) is 0 Å². The first-order chi connectivity index (χ1) is 30.8. The summed E-state index contributed by atoms with van der Waals surface area (Å²) < 4.78 is 14.1. The molecule has 11 rings (SSSR count). The average Bonchev–Trinajstić information content (AvgIpc) is 3.86. The van der Waals surface area contributed by atoms with Gasteiger partial charge in [0.15, 0.2) is 0 Å². The summed E-state index contributed by atoms with van der Waals surface area (Å²) >= 11 is 0. The van der Waals surface area contributed by atoms with Crippen LogP contribution < -0.4 is 20.2 Å². The highest BCUT2D eigenvalue weighted by Gasteiger charge is 2.26. The zero-order chi connectivity index (χ0) is 44.1. The zero-order valence-corrected chi connectivity index (χ0v) is 39.9. The lowest BCUT2D eigenvalue weighted by atomic mass is 9.98. The van der Waals surface area contributed by atoms with Gasteiger partial charge in [0.2, 0.25) is 0 Å². The fraction of sp³-hybridized carbons (Fsp3) is 0.138. The Bertz CT molecular complexity index is 3570. The van der Waals surface area contributed by atoms with Gasteiger partial charge in [0.25, 0.3) is 0 Å². The number of benzene rings is 9. The molecular formula is C58H52N2O2Si2. The van der Waals surface area contributed by atoms with Crippen molar-refractivity contribution in [3.8, 4) is 0 Å².